The second-order valence-corrected chi connectivity index (χ2v) is 6.44. The molecule has 3 rings (SSSR count). The number of benzene rings is 2. The van der Waals surface area contributed by atoms with Gasteiger partial charge in [0.15, 0.2) is 0 Å². The zero-order chi connectivity index (χ0) is 18.0. The third-order valence-electron chi connectivity index (χ3n) is 3.99. The van der Waals surface area contributed by atoms with Crippen molar-refractivity contribution in [3.05, 3.63) is 64.2 Å². The Hall–Kier alpha value is -2.95. The normalized spacial score (nSPS) is 10.7. The Morgan fingerprint density at radius 3 is 2.36 bits per heavy atom. The van der Waals surface area contributed by atoms with Gasteiger partial charge in [0.1, 0.15) is 0 Å². The first-order chi connectivity index (χ1) is 11.9. The Bertz CT molecular complexity index is 908. The van der Waals surface area contributed by atoms with Crippen LogP contribution in [0.15, 0.2) is 40.8 Å². The minimum Gasteiger partial charge on any atom is -0.403 e. The van der Waals surface area contributed by atoms with Gasteiger partial charge in [-0.25, -0.2) is 0 Å². The lowest BCUT2D eigenvalue weighted by atomic mass is 10.0. The van der Waals surface area contributed by atoms with Crippen molar-refractivity contribution in [2.75, 3.05) is 5.32 Å². The topological polar surface area (TPSA) is 68.0 Å². The molecular formula is C20H21N3O2. The fourth-order valence-electron chi connectivity index (χ4n) is 2.87. The zero-order valence-electron chi connectivity index (χ0n) is 14.9. The lowest BCUT2D eigenvalue weighted by Crippen LogP contribution is -2.15. The fraction of sp³-hybridized carbons (Fsp3) is 0.250. The van der Waals surface area contributed by atoms with E-state index in [1.165, 1.54) is 5.56 Å². The summed E-state index contributed by atoms with van der Waals surface area (Å²) in [7, 11) is 0. The Balaban J connectivity index is 1.71. The van der Waals surface area contributed by atoms with Crippen molar-refractivity contribution in [1.82, 2.24) is 10.2 Å². The maximum Gasteiger partial charge on any atom is 0.322 e. The number of rotatable bonds is 4. The summed E-state index contributed by atoms with van der Waals surface area (Å²) in [5.41, 5.74) is 6.34. The molecule has 0 unspecified atom stereocenters. The van der Waals surface area contributed by atoms with E-state index in [1.54, 1.807) is 0 Å². The van der Waals surface area contributed by atoms with E-state index in [9.17, 15) is 4.79 Å². The first-order valence-electron chi connectivity index (χ1n) is 8.19. The third-order valence-corrected chi connectivity index (χ3v) is 3.99. The van der Waals surface area contributed by atoms with Crippen molar-refractivity contribution in [3.8, 4) is 11.5 Å². The molecule has 0 atom stereocenters. The van der Waals surface area contributed by atoms with Gasteiger partial charge in [0, 0.05) is 5.56 Å². The van der Waals surface area contributed by atoms with Gasteiger partial charge in [-0.3, -0.25) is 10.1 Å². The number of aryl methyl sites for hydroxylation is 4. The quantitative estimate of drug-likeness (QED) is 0.777. The smallest absolute Gasteiger partial charge is 0.322 e. The summed E-state index contributed by atoms with van der Waals surface area (Å²) in [5.74, 6) is 0.219. The van der Waals surface area contributed by atoms with E-state index in [1.807, 2.05) is 52.0 Å². The number of hydrogen-bond acceptors (Lipinski definition) is 4. The highest BCUT2D eigenvalue weighted by atomic mass is 16.4. The number of nitrogens with one attached hydrogen (secondary N) is 1. The van der Waals surface area contributed by atoms with E-state index < -0.39 is 0 Å². The molecule has 0 spiro atoms. The van der Waals surface area contributed by atoms with Crippen LogP contribution in [0.2, 0.25) is 0 Å². The second-order valence-electron chi connectivity index (χ2n) is 6.44. The molecule has 2 aromatic carbocycles. The number of carbonyl (C=O) groups is 1. The van der Waals surface area contributed by atoms with E-state index in [0.29, 0.717) is 5.89 Å². The Morgan fingerprint density at radius 2 is 1.68 bits per heavy atom. The van der Waals surface area contributed by atoms with Gasteiger partial charge in [0.05, 0.1) is 6.42 Å². The molecule has 1 heterocycles. The maximum absolute atomic E-state index is 12.2. The lowest BCUT2D eigenvalue weighted by molar-refractivity contribution is -0.115. The molecule has 0 saturated heterocycles. The molecule has 0 saturated carbocycles. The van der Waals surface area contributed by atoms with Crippen LogP contribution in [0.25, 0.3) is 11.5 Å². The molecule has 1 N–H and O–H groups in total. The van der Waals surface area contributed by atoms with Crippen molar-refractivity contribution in [2.24, 2.45) is 0 Å². The van der Waals surface area contributed by atoms with Crippen LogP contribution >= 0.6 is 0 Å². The Kier molecular flexibility index (Phi) is 4.65. The molecule has 1 aromatic heterocycles. The number of anilines is 1. The monoisotopic (exact) mass is 335 g/mol. The highest BCUT2D eigenvalue weighted by Gasteiger charge is 2.13. The van der Waals surface area contributed by atoms with Gasteiger partial charge in [-0.05, 0) is 51.0 Å². The molecule has 0 aliphatic carbocycles. The predicted molar refractivity (Wildman–Crippen MR) is 97.5 cm³/mol. The van der Waals surface area contributed by atoms with Crippen molar-refractivity contribution >= 4 is 11.9 Å². The SMILES string of the molecule is Cc1cc(C)cc(-c2nnc(NC(=O)Cc3ccc(C)cc3C)o2)c1. The summed E-state index contributed by atoms with van der Waals surface area (Å²) in [6, 6.07) is 12.2. The van der Waals surface area contributed by atoms with Gasteiger partial charge in [0.2, 0.25) is 11.8 Å². The fourth-order valence-corrected chi connectivity index (χ4v) is 2.87. The highest BCUT2D eigenvalue weighted by molar-refractivity contribution is 5.90. The molecular weight excluding hydrogens is 314 g/mol. The van der Waals surface area contributed by atoms with Gasteiger partial charge < -0.3 is 4.42 Å². The minimum atomic E-state index is -0.178. The maximum atomic E-state index is 12.2. The summed E-state index contributed by atoms with van der Waals surface area (Å²) in [4.78, 5) is 12.2. The summed E-state index contributed by atoms with van der Waals surface area (Å²) >= 11 is 0. The van der Waals surface area contributed by atoms with Crippen LogP contribution in [0.4, 0.5) is 6.01 Å². The van der Waals surface area contributed by atoms with E-state index in [-0.39, 0.29) is 18.3 Å². The predicted octanol–water partition coefficient (Wildman–Crippen LogP) is 4.15. The number of carbonyl (C=O) groups excluding carboxylic acids is 1. The number of aromatic nitrogens is 2. The summed E-state index contributed by atoms with van der Waals surface area (Å²) < 4.78 is 5.58. The third kappa shape index (κ3) is 4.12. The molecule has 1 amide bonds. The van der Waals surface area contributed by atoms with Crippen molar-refractivity contribution < 1.29 is 9.21 Å². The Labute approximate surface area is 147 Å². The summed E-state index contributed by atoms with van der Waals surface area (Å²) in [5, 5.41) is 10.6. The first kappa shape index (κ1) is 16.9. The number of nitrogens with zero attached hydrogens (tertiary/aromatic N) is 2. The lowest BCUT2D eigenvalue weighted by Gasteiger charge is -2.06. The molecule has 0 fully saturated rings. The Morgan fingerprint density at radius 1 is 0.960 bits per heavy atom. The van der Waals surface area contributed by atoms with E-state index in [0.717, 1.165) is 27.8 Å². The largest absolute Gasteiger partial charge is 0.403 e. The molecule has 0 aliphatic rings. The molecule has 3 aromatic rings. The molecule has 5 nitrogen and oxygen atoms in total. The second kappa shape index (κ2) is 6.89. The van der Waals surface area contributed by atoms with Crippen LogP contribution < -0.4 is 5.32 Å². The summed E-state index contributed by atoms with van der Waals surface area (Å²) in [6.45, 7) is 8.06. The van der Waals surface area contributed by atoms with Crippen molar-refractivity contribution in [2.45, 2.75) is 34.1 Å². The molecule has 0 bridgehead atoms. The standard InChI is InChI=1S/C20H21N3O2/c1-12-5-6-16(15(4)8-12)11-18(24)21-20-23-22-19(25-20)17-9-13(2)7-14(3)10-17/h5-10H,11H2,1-4H3,(H,21,23,24). The van der Waals surface area contributed by atoms with E-state index >= 15 is 0 Å². The van der Waals surface area contributed by atoms with Gasteiger partial charge >= 0.3 is 6.01 Å². The average molecular weight is 335 g/mol. The number of amides is 1. The highest BCUT2D eigenvalue weighted by Crippen LogP contribution is 2.22. The van der Waals surface area contributed by atoms with Crippen LogP contribution in [0.1, 0.15) is 27.8 Å². The molecule has 128 valence electrons. The molecule has 5 heteroatoms. The van der Waals surface area contributed by atoms with E-state index in [4.69, 9.17) is 4.42 Å². The molecule has 0 aliphatic heterocycles. The summed E-state index contributed by atoms with van der Waals surface area (Å²) in [6.07, 6.45) is 0.271. The molecule has 25 heavy (non-hydrogen) atoms. The first-order valence-corrected chi connectivity index (χ1v) is 8.19. The van der Waals surface area contributed by atoms with Gasteiger partial charge in [0.25, 0.3) is 0 Å². The zero-order valence-corrected chi connectivity index (χ0v) is 14.9. The van der Waals surface area contributed by atoms with Gasteiger partial charge in [-0.1, -0.05) is 46.1 Å². The van der Waals surface area contributed by atoms with Gasteiger partial charge in [-0.2, -0.15) is 0 Å². The van der Waals surface area contributed by atoms with Crippen LogP contribution in [0.5, 0.6) is 0 Å². The average Bonchev–Trinajstić information content (AvgIpc) is 2.97. The van der Waals surface area contributed by atoms with E-state index in [2.05, 4.69) is 27.6 Å². The minimum absolute atomic E-state index is 0.115. The number of hydrogen-bond donors (Lipinski definition) is 1. The van der Waals surface area contributed by atoms with Crippen LogP contribution in [-0.4, -0.2) is 16.1 Å². The van der Waals surface area contributed by atoms with Crippen molar-refractivity contribution in [3.63, 3.8) is 0 Å². The van der Waals surface area contributed by atoms with Crippen molar-refractivity contribution in [1.29, 1.82) is 0 Å². The molecule has 0 radical (unpaired) electrons. The van der Waals surface area contributed by atoms with Crippen LogP contribution in [-0.2, 0) is 11.2 Å². The van der Waals surface area contributed by atoms with Gasteiger partial charge in [-0.15, -0.1) is 5.10 Å². The van der Waals surface area contributed by atoms with Crippen LogP contribution in [0.3, 0.4) is 0 Å². The van der Waals surface area contributed by atoms with Crippen LogP contribution in [0, 0.1) is 27.7 Å².